The second kappa shape index (κ2) is 59.2. The van der Waals surface area contributed by atoms with Gasteiger partial charge in [-0.05, 0) is 32.1 Å². The van der Waals surface area contributed by atoms with Crippen molar-refractivity contribution < 1.29 is 24.5 Å². The van der Waals surface area contributed by atoms with E-state index in [-0.39, 0.29) is 18.5 Å². The molecule has 0 rings (SSSR count). The summed E-state index contributed by atoms with van der Waals surface area (Å²) in [5, 5.41) is 23.2. The van der Waals surface area contributed by atoms with E-state index in [1.807, 2.05) is 6.08 Å². The number of carbonyl (C=O) groups is 2. The minimum atomic E-state index is -0.845. The molecule has 0 saturated carbocycles. The molecular formula is C63H123NO5. The average Bonchev–Trinajstić information content (AvgIpc) is 3.35. The summed E-state index contributed by atoms with van der Waals surface area (Å²) in [5.41, 5.74) is 0. The van der Waals surface area contributed by atoms with Gasteiger partial charge < -0.3 is 20.3 Å². The van der Waals surface area contributed by atoms with E-state index in [0.29, 0.717) is 19.4 Å². The van der Waals surface area contributed by atoms with Crippen LogP contribution in [0.5, 0.6) is 0 Å². The van der Waals surface area contributed by atoms with Gasteiger partial charge in [-0.15, -0.1) is 0 Å². The molecule has 69 heavy (non-hydrogen) atoms. The highest BCUT2D eigenvalue weighted by atomic mass is 16.5. The Morgan fingerprint density at radius 1 is 0.391 bits per heavy atom. The van der Waals surface area contributed by atoms with Gasteiger partial charge in [-0.1, -0.05) is 321 Å². The topological polar surface area (TPSA) is 95.9 Å². The van der Waals surface area contributed by atoms with Crippen LogP contribution in [0.1, 0.15) is 354 Å². The zero-order valence-corrected chi connectivity index (χ0v) is 46.8. The predicted molar refractivity (Wildman–Crippen MR) is 301 cm³/mol. The number of carbonyl (C=O) groups excluding carboxylic acids is 2. The van der Waals surface area contributed by atoms with Crippen LogP contribution in [-0.2, 0) is 14.3 Å². The number of hydrogen-bond donors (Lipinski definition) is 3. The third-order valence-corrected chi connectivity index (χ3v) is 14.8. The minimum Gasteiger partial charge on any atom is -0.466 e. The molecule has 0 aromatic heterocycles. The van der Waals surface area contributed by atoms with Crippen LogP contribution in [0.15, 0.2) is 12.2 Å². The van der Waals surface area contributed by atoms with E-state index < -0.39 is 12.1 Å². The number of ether oxygens (including phenoxy) is 1. The molecule has 0 aliphatic carbocycles. The number of nitrogens with one attached hydrogen (secondary N) is 1. The molecular weight excluding hydrogens is 851 g/mol. The molecule has 6 nitrogen and oxygen atoms in total. The largest absolute Gasteiger partial charge is 0.466 e. The van der Waals surface area contributed by atoms with Crippen LogP contribution in [-0.4, -0.2) is 47.4 Å². The molecule has 0 aliphatic rings. The van der Waals surface area contributed by atoms with Gasteiger partial charge in [-0.2, -0.15) is 0 Å². The van der Waals surface area contributed by atoms with Crippen LogP contribution in [0.4, 0.5) is 0 Å². The highest BCUT2D eigenvalue weighted by Crippen LogP contribution is 2.18. The standard InChI is InChI=1S/C63H123NO5/c1-3-5-7-9-11-13-15-17-19-20-25-28-31-35-39-43-47-51-55-61(66)60(59-65)64-62(67)56-52-48-44-40-36-32-29-26-23-21-22-24-27-30-34-38-42-46-50-54-58-69-63(68)57-53-49-45-41-37-33-18-16-14-12-10-8-6-4-2/h51,55,60-61,65-66H,3-50,52-54,56-59H2,1-2H3,(H,64,67)/b55-51+. The number of allylic oxidation sites excluding steroid dienone is 1. The Morgan fingerprint density at radius 3 is 0.986 bits per heavy atom. The molecule has 2 atom stereocenters. The molecule has 6 heteroatoms. The normalized spacial score (nSPS) is 12.6. The van der Waals surface area contributed by atoms with E-state index in [1.54, 1.807) is 6.08 Å². The molecule has 0 saturated heterocycles. The van der Waals surface area contributed by atoms with Crippen molar-refractivity contribution in [2.75, 3.05) is 13.2 Å². The summed E-state index contributed by atoms with van der Waals surface area (Å²) < 4.78 is 5.49. The highest BCUT2D eigenvalue weighted by Gasteiger charge is 2.18. The van der Waals surface area contributed by atoms with E-state index in [4.69, 9.17) is 4.74 Å². The zero-order chi connectivity index (χ0) is 50.0. The summed E-state index contributed by atoms with van der Waals surface area (Å²) in [6, 6.07) is -0.629. The van der Waals surface area contributed by atoms with E-state index >= 15 is 0 Å². The van der Waals surface area contributed by atoms with Crippen molar-refractivity contribution in [2.24, 2.45) is 0 Å². The number of hydrogen-bond acceptors (Lipinski definition) is 5. The quantitative estimate of drug-likeness (QED) is 0.0321. The van der Waals surface area contributed by atoms with Gasteiger partial charge >= 0.3 is 5.97 Å². The summed E-state index contributed by atoms with van der Waals surface area (Å²) >= 11 is 0. The SMILES string of the molecule is CCCCCCCCCCCCCCCCCC/C=C/C(O)C(CO)NC(=O)CCCCCCCCCCCCCCCCCCCCCCOC(=O)CCCCCCCCCCCCCCCC. The van der Waals surface area contributed by atoms with Gasteiger partial charge in [0.05, 0.1) is 25.4 Å². The van der Waals surface area contributed by atoms with Gasteiger partial charge in [-0.3, -0.25) is 9.59 Å². The average molecular weight is 975 g/mol. The third-order valence-electron chi connectivity index (χ3n) is 14.8. The first kappa shape index (κ1) is 67.6. The molecule has 0 spiro atoms. The minimum absolute atomic E-state index is 0.0130. The maximum Gasteiger partial charge on any atom is 0.305 e. The Labute approximate surface area is 431 Å². The van der Waals surface area contributed by atoms with Crippen LogP contribution in [0.3, 0.4) is 0 Å². The Kier molecular flexibility index (Phi) is 58.0. The van der Waals surface area contributed by atoms with Crippen LogP contribution < -0.4 is 5.32 Å². The van der Waals surface area contributed by atoms with Crippen molar-refractivity contribution in [3.05, 3.63) is 12.2 Å². The van der Waals surface area contributed by atoms with Crippen molar-refractivity contribution >= 4 is 11.9 Å². The molecule has 2 unspecified atom stereocenters. The van der Waals surface area contributed by atoms with Crippen LogP contribution in [0.2, 0.25) is 0 Å². The number of esters is 1. The van der Waals surface area contributed by atoms with Crippen molar-refractivity contribution in [3.63, 3.8) is 0 Å². The molecule has 0 bridgehead atoms. The lowest BCUT2D eigenvalue weighted by atomic mass is 10.0. The van der Waals surface area contributed by atoms with Crippen LogP contribution in [0, 0.1) is 0 Å². The summed E-state index contributed by atoms with van der Waals surface area (Å²) in [6.07, 6.45) is 71.1. The van der Waals surface area contributed by atoms with E-state index in [9.17, 15) is 19.8 Å². The molecule has 3 N–H and O–H groups in total. The molecule has 1 amide bonds. The van der Waals surface area contributed by atoms with Crippen molar-refractivity contribution in [2.45, 2.75) is 366 Å². The van der Waals surface area contributed by atoms with Gasteiger partial charge in [0.2, 0.25) is 5.91 Å². The first-order valence-electron chi connectivity index (χ1n) is 31.5. The van der Waals surface area contributed by atoms with E-state index in [2.05, 4.69) is 19.2 Å². The Hall–Kier alpha value is -1.40. The highest BCUT2D eigenvalue weighted by molar-refractivity contribution is 5.76. The predicted octanol–water partition coefficient (Wildman–Crippen LogP) is 19.6. The lowest BCUT2D eigenvalue weighted by molar-refractivity contribution is -0.143. The van der Waals surface area contributed by atoms with Gasteiger partial charge in [0.25, 0.3) is 0 Å². The van der Waals surface area contributed by atoms with Crippen molar-refractivity contribution in [3.8, 4) is 0 Å². The Balaban J connectivity index is 3.41. The lowest BCUT2D eigenvalue weighted by Gasteiger charge is -2.20. The molecule has 0 fully saturated rings. The van der Waals surface area contributed by atoms with E-state index in [0.717, 1.165) is 38.5 Å². The number of aliphatic hydroxyl groups is 2. The number of rotatable bonds is 59. The fourth-order valence-corrected chi connectivity index (χ4v) is 9.99. The summed E-state index contributed by atoms with van der Waals surface area (Å²) in [5.74, 6) is -0.0535. The molecule has 0 radical (unpaired) electrons. The summed E-state index contributed by atoms with van der Waals surface area (Å²) in [7, 11) is 0. The fourth-order valence-electron chi connectivity index (χ4n) is 9.99. The fraction of sp³-hybridized carbons (Fsp3) is 0.937. The first-order valence-corrected chi connectivity index (χ1v) is 31.5. The second-order valence-corrected chi connectivity index (χ2v) is 21.8. The van der Waals surface area contributed by atoms with Gasteiger partial charge in [0.1, 0.15) is 0 Å². The first-order chi connectivity index (χ1) is 34.0. The number of unbranched alkanes of at least 4 members (excludes halogenated alkanes) is 48. The monoisotopic (exact) mass is 974 g/mol. The van der Waals surface area contributed by atoms with Crippen molar-refractivity contribution in [1.82, 2.24) is 5.32 Å². The molecule has 0 aromatic rings. The molecule has 0 aliphatic heterocycles. The Bertz CT molecular complexity index is 1030. The lowest BCUT2D eigenvalue weighted by Crippen LogP contribution is -2.45. The third kappa shape index (κ3) is 55.8. The second-order valence-electron chi connectivity index (χ2n) is 21.8. The van der Waals surface area contributed by atoms with Crippen molar-refractivity contribution in [1.29, 1.82) is 0 Å². The molecule has 410 valence electrons. The van der Waals surface area contributed by atoms with Crippen LogP contribution in [0.25, 0.3) is 0 Å². The smallest absolute Gasteiger partial charge is 0.305 e. The molecule has 0 heterocycles. The van der Waals surface area contributed by atoms with Gasteiger partial charge in [0, 0.05) is 12.8 Å². The van der Waals surface area contributed by atoms with Gasteiger partial charge in [0.15, 0.2) is 0 Å². The van der Waals surface area contributed by atoms with Gasteiger partial charge in [-0.25, -0.2) is 0 Å². The Morgan fingerprint density at radius 2 is 0.667 bits per heavy atom. The maximum absolute atomic E-state index is 12.5. The number of aliphatic hydroxyl groups excluding tert-OH is 2. The summed E-state index contributed by atoms with van der Waals surface area (Å²) in [6.45, 7) is 4.93. The zero-order valence-electron chi connectivity index (χ0n) is 46.8. The molecule has 0 aromatic carbocycles. The van der Waals surface area contributed by atoms with E-state index in [1.165, 1.54) is 289 Å². The summed E-state index contributed by atoms with van der Waals surface area (Å²) in [4.78, 5) is 24.5. The van der Waals surface area contributed by atoms with Crippen LogP contribution >= 0.6 is 0 Å². The maximum atomic E-state index is 12.5. The number of amides is 1.